The molecule has 4 heteroatoms. The molecule has 0 aliphatic carbocycles. The zero-order valence-corrected chi connectivity index (χ0v) is 10.1. The molecule has 2 aromatic rings. The maximum atomic E-state index is 9.14. The van der Waals surface area contributed by atoms with Crippen molar-refractivity contribution in [3.8, 4) is 5.88 Å². The Morgan fingerprint density at radius 1 is 1.41 bits per heavy atom. The SMILES string of the molecule is COc1c(CO)cnn1Cc1cccc(C)c1. The summed E-state index contributed by atoms with van der Waals surface area (Å²) >= 11 is 0. The molecule has 4 nitrogen and oxygen atoms in total. The number of aliphatic hydroxyl groups excluding tert-OH is 1. The fourth-order valence-corrected chi connectivity index (χ4v) is 1.85. The summed E-state index contributed by atoms with van der Waals surface area (Å²) in [4.78, 5) is 0. The Kier molecular flexibility index (Phi) is 3.44. The van der Waals surface area contributed by atoms with E-state index in [1.165, 1.54) is 5.56 Å². The molecule has 0 radical (unpaired) electrons. The van der Waals surface area contributed by atoms with Crippen molar-refractivity contribution >= 4 is 0 Å². The van der Waals surface area contributed by atoms with Gasteiger partial charge in [-0.2, -0.15) is 5.10 Å². The lowest BCUT2D eigenvalue weighted by atomic mass is 10.1. The second-order valence-electron chi connectivity index (χ2n) is 3.98. The van der Waals surface area contributed by atoms with Gasteiger partial charge in [-0.15, -0.1) is 0 Å². The molecule has 1 N–H and O–H groups in total. The van der Waals surface area contributed by atoms with E-state index in [-0.39, 0.29) is 6.61 Å². The van der Waals surface area contributed by atoms with Crippen molar-refractivity contribution in [2.24, 2.45) is 0 Å². The number of nitrogens with zero attached hydrogens (tertiary/aromatic N) is 2. The maximum absolute atomic E-state index is 9.14. The van der Waals surface area contributed by atoms with E-state index in [0.29, 0.717) is 18.0 Å². The highest BCUT2D eigenvalue weighted by molar-refractivity contribution is 5.27. The predicted molar refractivity (Wildman–Crippen MR) is 65.0 cm³/mol. The first kappa shape index (κ1) is 11.7. The molecule has 0 unspecified atom stereocenters. The fourth-order valence-electron chi connectivity index (χ4n) is 1.85. The zero-order valence-electron chi connectivity index (χ0n) is 10.1. The molecule has 0 aliphatic heterocycles. The van der Waals surface area contributed by atoms with Crippen molar-refractivity contribution in [1.29, 1.82) is 0 Å². The number of aliphatic hydroxyl groups is 1. The van der Waals surface area contributed by atoms with E-state index in [1.807, 2.05) is 12.1 Å². The van der Waals surface area contributed by atoms with Crippen LogP contribution in [0, 0.1) is 6.92 Å². The van der Waals surface area contributed by atoms with E-state index >= 15 is 0 Å². The minimum atomic E-state index is -0.0585. The molecular weight excluding hydrogens is 216 g/mol. The first-order chi connectivity index (χ1) is 8.24. The molecule has 90 valence electrons. The van der Waals surface area contributed by atoms with Crippen molar-refractivity contribution in [2.45, 2.75) is 20.1 Å². The summed E-state index contributed by atoms with van der Waals surface area (Å²) in [6.07, 6.45) is 1.63. The lowest BCUT2D eigenvalue weighted by molar-refractivity contribution is 0.270. The van der Waals surface area contributed by atoms with Gasteiger partial charge >= 0.3 is 0 Å². The zero-order chi connectivity index (χ0) is 12.3. The Bertz CT molecular complexity index is 506. The van der Waals surface area contributed by atoms with E-state index in [2.05, 4.69) is 24.2 Å². The number of benzene rings is 1. The summed E-state index contributed by atoms with van der Waals surface area (Å²) in [7, 11) is 1.59. The van der Waals surface area contributed by atoms with Gasteiger partial charge in [-0.05, 0) is 12.5 Å². The van der Waals surface area contributed by atoms with Crippen LogP contribution in [-0.2, 0) is 13.2 Å². The smallest absolute Gasteiger partial charge is 0.217 e. The van der Waals surface area contributed by atoms with Crippen LogP contribution in [0.2, 0.25) is 0 Å². The van der Waals surface area contributed by atoms with Crippen LogP contribution in [-0.4, -0.2) is 22.0 Å². The van der Waals surface area contributed by atoms with Gasteiger partial charge in [0.1, 0.15) is 0 Å². The van der Waals surface area contributed by atoms with Gasteiger partial charge in [0.2, 0.25) is 5.88 Å². The van der Waals surface area contributed by atoms with Crippen LogP contribution >= 0.6 is 0 Å². The van der Waals surface area contributed by atoms with Crippen molar-refractivity contribution in [3.63, 3.8) is 0 Å². The first-order valence-electron chi connectivity index (χ1n) is 5.49. The van der Waals surface area contributed by atoms with Crippen LogP contribution in [0.3, 0.4) is 0 Å². The van der Waals surface area contributed by atoms with E-state index in [9.17, 15) is 0 Å². The number of aromatic nitrogens is 2. The van der Waals surface area contributed by atoms with Crippen LogP contribution < -0.4 is 4.74 Å². The molecule has 0 saturated heterocycles. The number of ether oxygens (including phenoxy) is 1. The Labute approximate surface area is 100 Å². The van der Waals surface area contributed by atoms with Gasteiger partial charge < -0.3 is 9.84 Å². The van der Waals surface area contributed by atoms with Gasteiger partial charge in [-0.3, -0.25) is 0 Å². The monoisotopic (exact) mass is 232 g/mol. The highest BCUT2D eigenvalue weighted by atomic mass is 16.5. The number of hydrogen-bond donors (Lipinski definition) is 1. The summed E-state index contributed by atoms with van der Waals surface area (Å²) in [6, 6.07) is 8.24. The van der Waals surface area contributed by atoms with Gasteiger partial charge in [-0.1, -0.05) is 29.8 Å². The van der Waals surface area contributed by atoms with Crippen molar-refractivity contribution in [1.82, 2.24) is 9.78 Å². The number of rotatable bonds is 4. The molecule has 17 heavy (non-hydrogen) atoms. The molecule has 0 saturated carbocycles. The molecule has 0 fully saturated rings. The van der Waals surface area contributed by atoms with E-state index < -0.39 is 0 Å². The van der Waals surface area contributed by atoms with Gasteiger partial charge in [0.25, 0.3) is 0 Å². The van der Waals surface area contributed by atoms with Gasteiger partial charge in [0.15, 0.2) is 0 Å². The number of hydrogen-bond acceptors (Lipinski definition) is 3. The number of methoxy groups -OCH3 is 1. The summed E-state index contributed by atoms with van der Waals surface area (Å²) in [6.45, 7) is 2.64. The van der Waals surface area contributed by atoms with Crippen LogP contribution in [0.5, 0.6) is 5.88 Å². The van der Waals surface area contributed by atoms with Crippen molar-refractivity contribution in [2.75, 3.05) is 7.11 Å². The van der Waals surface area contributed by atoms with Crippen LogP contribution in [0.15, 0.2) is 30.5 Å². The van der Waals surface area contributed by atoms with Crippen LogP contribution in [0.4, 0.5) is 0 Å². The fraction of sp³-hybridized carbons (Fsp3) is 0.308. The molecule has 1 aromatic heterocycles. The lowest BCUT2D eigenvalue weighted by Gasteiger charge is -2.08. The molecule has 1 heterocycles. The quantitative estimate of drug-likeness (QED) is 0.873. The molecule has 0 atom stereocenters. The third kappa shape index (κ3) is 2.47. The van der Waals surface area contributed by atoms with Gasteiger partial charge in [0, 0.05) is 0 Å². The topological polar surface area (TPSA) is 47.3 Å². The maximum Gasteiger partial charge on any atom is 0.217 e. The Morgan fingerprint density at radius 2 is 2.24 bits per heavy atom. The highest BCUT2D eigenvalue weighted by Gasteiger charge is 2.10. The molecule has 0 spiro atoms. The molecule has 0 amide bonds. The molecule has 2 rings (SSSR count). The van der Waals surface area contributed by atoms with Crippen LogP contribution in [0.1, 0.15) is 16.7 Å². The Balaban J connectivity index is 2.27. The second kappa shape index (κ2) is 5.01. The molecule has 0 bridgehead atoms. The van der Waals surface area contributed by atoms with Gasteiger partial charge in [-0.25, -0.2) is 4.68 Å². The van der Waals surface area contributed by atoms with Crippen molar-refractivity contribution in [3.05, 3.63) is 47.2 Å². The Hall–Kier alpha value is -1.81. The summed E-state index contributed by atoms with van der Waals surface area (Å²) in [5, 5.41) is 13.4. The minimum Gasteiger partial charge on any atom is -0.481 e. The number of aryl methyl sites for hydroxylation is 1. The Morgan fingerprint density at radius 3 is 2.88 bits per heavy atom. The first-order valence-corrected chi connectivity index (χ1v) is 5.49. The standard InChI is InChI=1S/C13H16N2O2/c1-10-4-3-5-11(6-10)8-15-13(17-2)12(9-16)7-14-15/h3-7,16H,8-9H2,1-2H3. The minimum absolute atomic E-state index is 0.0585. The van der Waals surface area contributed by atoms with Crippen LogP contribution in [0.25, 0.3) is 0 Å². The normalized spacial score (nSPS) is 10.5. The molecular formula is C13H16N2O2. The largest absolute Gasteiger partial charge is 0.481 e. The third-order valence-corrected chi connectivity index (χ3v) is 2.64. The van der Waals surface area contributed by atoms with Crippen molar-refractivity contribution < 1.29 is 9.84 Å². The second-order valence-corrected chi connectivity index (χ2v) is 3.98. The predicted octanol–water partition coefficient (Wildman–Crippen LogP) is 1.74. The third-order valence-electron chi connectivity index (χ3n) is 2.64. The van der Waals surface area contributed by atoms with Gasteiger partial charge in [0.05, 0.1) is 32.0 Å². The summed E-state index contributed by atoms with van der Waals surface area (Å²) in [5.74, 6) is 0.619. The summed E-state index contributed by atoms with van der Waals surface area (Å²) in [5.41, 5.74) is 3.09. The summed E-state index contributed by atoms with van der Waals surface area (Å²) < 4.78 is 7.00. The van der Waals surface area contributed by atoms with E-state index in [4.69, 9.17) is 9.84 Å². The highest BCUT2D eigenvalue weighted by Crippen LogP contribution is 2.19. The van der Waals surface area contributed by atoms with E-state index in [0.717, 1.165) is 5.56 Å². The molecule has 1 aromatic carbocycles. The average molecular weight is 232 g/mol. The lowest BCUT2D eigenvalue weighted by Crippen LogP contribution is -2.05. The molecule has 0 aliphatic rings. The van der Waals surface area contributed by atoms with E-state index in [1.54, 1.807) is 18.0 Å². The average Bonchev–Trinajstić information content (AvgIpc) is 2.71.